The van der Waals surface area contributed by atoms with Crippen LogP contribution < -0.4 is 0 Å². The lowest BCUT2D eigenvalue weighted by Gasteiger charge is -2.20. The molecule has 0 aliphatic heterocycles. The van der Waals surface area contributed by atoms with E-state index in [-0.39, 0.29) is 0 Å². The average molecular weight is 236 g/mol. The van der Waals surface area contributed by atoms with Crippen LogP contribution in [0.3, 0.4) is 0 Å². The minimum atomic E-state index is -3.31. The molecule has 4 nitrogen and oxygen atoms in total. The highest BCUT2D eigenvalue weighted by Gasteiger charge is 2.77. The second kappa shape index (κ2) is 3.40. The van der Waals surface area contributed by atoms with Crippen LogP contribution >= 0.6 is 0 Å². The van der Waals surface area contributed by atoms with E-state index < -0.39 is 41.7 Å². The third kappa shape index (κ3) is 2.31. The summed E-state index contributed by atoms with van der Waals surface area (Å²) in [4.78, 5) is 22.0. The molecule has 0 aromatic rings. The van der Waals surface area contributed by atoms with Crippen LogP contribution in [-0.4, -0.2) is 28.6 Å². The maximum Gasteiger partial charge on any atom is 0.316 e. The molecule has 16 heavy (non-hydrogen) atoms. The Kier molecular flexibility index (Phi) is 2.73. The molecule has 6 heteroatoms. The minimum absolute atomic E-state index is 0.785. The van der Waals surface area contributed by atoms with E-state index in [0.717, 1.165) is 0 Å². The molecule has 0 amide bonds. The van der Waals surface area contributed by atoms with Gasteiger partial charge in [0.25, 0.3) is 5.92 Å². The number of carbonyl (C=O) groups excluding carboxylic acids is 1. The lowest BCUT2D eigenvalue weighted by Crippen LogP contribution is -2.30. The van der Waals surface area contributed by atoms with Gasteiger partial charge in [-0.2, -0.15) is 0 Å². The van der Waals surface area contributed by atoms with Crippen LogP contribution in [0.1, 0.15) is 33.6 Å². The molecule has 1 saturated carbocycles. The summed E-state index contributed by atoms with van der Waals surface area (Å²) in [5.74, 6) is -5.87. The molecule has 92 valence electrons. The van der Waals surface area contributed by atoms with Gasteiger partial charge in [0, 0.05) is 6.42 Å². The zero-order valence-electron chi connectivity index (χ0n) is 9.34. The summed E-state index contributed by atoms with van der Waals surface area (Å²) in [5, 5.41) is 8.70. The number of halogens is 2. The Hall–Kier alpha value is -1.20. The summed E-state index contributed by atoms with van der Waals surface area (Å²) in [5.41, 5.74) is -3.06. The molecule has 1 rings (SSSR count). The van der Waals surface area contributed by atoms with Gasteiger partial charge in [-0.1, -0.05) is 0 Å². The summed E-state index contributed by atoms with van der Waals surface area (Å²) in [6, 6.07) is 0. The van der Waals surface area contributed by atoms with Gasteiger partial charge in [0.1, 0.15) is 11.0 Å². The van der Waals surface area contributed by atoms with Gasteiger partial charge in [-0.15, -0.1) is 0 Å². The molecule has 0 bridgehead atoms. The summed E-state index contributed by atoms with van der Waals surface area (Å²) in [7, 11) is 0. The van der Waals surface area contributed by atoms with Crippen molar-refractivity contribution in [1.29, 1.82) is 0 Å². The average Bonchev–Trinajstić information content (AvgIpc) is 2.49. The molecular formula is C10H14F2O4. The molecule has 1 aliphatic rings. The number of hydrogen-bond donors (Lipinski definition) is 1. The van der Waals surface area contributed by atoms with Crippen LogP contribution in [-0.2, 0) is 14.3 Å². The van der Waals surface area contributed by atoms with Gasteiger partial charge in [-0.05, 0) is 20.8 Å². The predicted octanol–water partition coefficient (Wildman–Crippen LogP) is 1.83. The first-order valence-corrected chi connectivity index (χ1v) is 4.83. The van der Waals surface area contributed by atoms with Crippen molar-refractivity contribution in [2.45, 2.75) is 45.1 Å². The predicted molar refractivity (Wildman–Crippen MR) is 50.1 cm³/mol. The fourth-order valence-corrected chi connectivity index (χ4v) is 1.46. The summed E-state index contributed by atoms with van der Waals surface area (Å²) >= 11 is 0. The second-order valence-corrected chi connectivity index (χ2v) is 5.03. The Bertz CT molecular complexity index is 332. The molecule has 1 atom stereocenters. The maximum absolute atomic E-state index is 12.9. The first kappa shape index (κ1) is 12.9. The highest BCUT2D eigenvalue weighted by atomic mass is 19.3. The third-order valence-electron chi connectivity index (χ3n) is 2.37. The number of ether oxygens (including phenoxy) is 1. The van der Waals surface area contributed by atoms with E-state index in [2.05, 4.69) is 0 Å². The summed E-state index contributed by atoms with van der Waals surface area (Å²) in [6.45, 7) is 4.76. The van der Waals surface area contributed by atoms with Crippen LogP contribution in [0, 0.1) is 5.41 Å². The SMILES string of the molecule is CC(C)(C)OC(=O)CC1(C(=O)O)CC1(F)F. The standard InChI is InChI=1S/C10H14F2O4/c1-8(2,3)16-6(13)4-9(7(14)15)5-10(9,11)12/h4-5H2,1-3H3,(H,14,15). The number of rotatable bonds is 3. The fraction of sp³-hybridized carbons (Fsp3) is 0.800. The van der Waals surface area contributed by atoms with Crippen molar-refractivity contribution in [1.82, 2.24) is 0 Å². The molecule has 1 N–H and O–H groups in total. The first-order valence-electron chi connectivity index (χ1n) is 4.83. The number of hydrogen-bond acceptors (Lipinski definition) is 3. The normalized spacial score (nSPS) is 27.3. The Morgan fingerprint density at radius 3 is 2.06 bits per heavy atom. The second-order valence-electron chi connectivity index (χ2n) is 5.03. The van der Waals surface area contributed by atoms with Crippen molar-refractivity contribution in [2.24, 2.45) is 5.41 Å². The van der Waals surface area contributed by atoms with Gasteiger partial charge in [-0.25, -0.2) is 8.78 Å². The number of carboxylic acids is 1. The van der Waals surface area contributed by atoms with Crippen LogP contribution in [0.25, 0.3) is 0 Å². The number of alkyl halides is 2. The Morgan fingerprint density at radius 2 is 1.81 bits per heavy atom. The van der Waals surface area contributed by atoms with E-state index in [1.54, 1.807) is 20.8 Å². The number of carbonyl (C=O) groups is 2. The molecule has 0 heterocycles. The van der Waals surface area contributed by atoms with Crippen molar-refractivity contribution >= 4 is 11.9 Å². The highest BCUT2D eigenvalue weighted by molar-refractivity contribution is 5.86. The van der Waals surface area contributed by atoms with E-state index in [9.17, 15) is 18.4 Å². The van der Waals surface area contributed by atoms with Crippen LogP contribution in [0.2, 0.25) is 0 Å². The van der Waals surface area contributed by atoms with E-state index in [1.165, 1.54) is 0 Å². The number of esters is 1. The molecule has 0 saturated heterocycles. The zero-order valence-corrected chi connectivity index (χ0v) is 9.34. The smallest absolute Gasteiger partial charge is 0.316 e. The molecule has 0 radical (unpaired) electrons. The summed E-state index contributed by atoms with van der Waals surface area (Å²) in [6.07, 6.45) is -1.58. The van der Waals surface area contributed by atoms with Gasteiger partial charge in [0.2, 0.25) is 0 Å². The van der Waals surface area contributed by atoms with E-state index in [4.69, 9.17) is 9.84 Å². The Balaban J connectivity index is 2.67. The number of aliphatic carboxylic acids is 1. The number of carboxylic acid groups (broad SMARTS) is 1. The van der Waals surface area contributed by atoms with Crippen LogP contribution in [0.15, 0.2) is 0 Å². The molecule has 0 aromatic heterocycles. The molecule has 0 aromatic carbocycles. The largest absolute Gasteiger partial charge is 0.481 e. The van der Waals surface area contributed by atoms with Crippen LogP contribution in [0.5, 0.6) is 0 Å². The zero-order chi connectivity index (χ0) is 12.8. The topological polar surface area (TPSA) is 63.6 Å². The van der Waals surface area contributed by atoms with Crippen LogP contribution in [0.4, 0.5) is 8.78 Å². The quantitative estimate of drug-likeness (QED) is 0.759. The van der Waals surface area contributed by atoms with Gasteiger partial charge in [0.15, 0.2) is 0 Å². The lowest BCUT2D eigenvalue weighted by molar-refractivity contribution is -0.163. The first-order chi connectivity index (χ1) is 7.00. The molecule has 1 unspecified atom stereocenters. The Morgan fingerprint density at radius 1 is 1.38 bits per heavy atom. The minimum Gasteiger partial charge on any atom is -0.481 e. The highest BCUT2D eigenvalue weighted by Crippen LogP contribution is 2.63. The van der Waals surface area contributed by atoms with Crippen molar-refractivity contribution in [2.75, 3.05) is 0 Å². The molecule has 0 spiro atoms. The van der Waals surface area contributed by atoms with E-state index in [0.29, 0.717) is 0 Å². The molecular weight excluding hydrogens is 222 g/mol. The fourth-order valence-electron chi connectivity index (χ4n) is 1.46. The van der Waals surface area contributed by atoms with Gasteiger partial charge in [0.05, 0.1) is 6.42 Å². The third-order valence-corrected chi connectivity index (χ3v) is 2.37. The van der Waals surface area contributed by atoms with Crippen molar-refractivity contribution in [3.8, 4) is 0 Å². The van der Waals surface area contributed by atoms with Gasteiger partial charge in [-0.3, -0.25) is 9.59 Å². The summed E-state index contributed by atoms with van der Waals surface area (Å²) < 4.78 is 30.6. The van der Waals surface area contributed by atoms with Gasteiger partial charge >= 0.3 is 11.9 Å². The van der Waals surface area contributed by atoms with Crippen molar-refractivity contribution in [3.63, 3.8) is 0 Å². The Labute approximate surface area is 91.6 Å². The lowest BCUT2D eigenvalue weighted by atomic mass is 10.0. The van der Waals surface area contributed by atoms with E-state index in [1.807, 2.05) is 0 Å². The monoisotopic (exact) mass is 236 g/mol. The molecule has 1 fully saturated rings. The molecule has 1 aliphatic carbocycles. The van der Waals surface area contributed by atoms with Crippen molar-refractivity contribution in [3.05, 3.63) is 0 Å². The van der Waals surface area contributed by atoms with E-state index >= 15 is 0 Å². The maximum atomic E-state index is 12.9. The van der Waals surface area contributed by atoms with Crippen molar-refractivity contribution < 1.29 is 28.2 Å². The van der Waals surface area contributed by atoms with Gasteiger partial charge < -0.3 is 9.84 Å².